The van der Waals surface area contributed by atoms with Crippen LogP contribution in [0.3, 0.4) is 0 Å². The van der Waals surface area contributed by atoms with E-state index >= 15 is 0 Å². The summed E-state index contributed by atoms with van der Waals surface area (Å²) in [4.78, 5) is 11.7. The molecular weight excluding hydrogens is 432 g/mol. The zero-order valence-corrected chi connectivity index (χ0v) is 19.6. The highest BCUT2D eigenvalue weighted by Gasteiger charge is 2.07. The Kier molecular flexibility index (Phi) is 7.32. The first-order valence-corrected chi connectivity index (χ1v) is 11.9. The zero-order chi connectivity index (χ0) is 23.7. The van der Waals surface area contributed by atoms with Crippen LogP contribution >= 0.6 is 0 Å². The van der Waals surface area contributed by atoms with Gasteiger partial charge in [0, 0.05) is 17.2 Å². The number of rotatable bonds is 9. The lowest BCUT2D eigenvalue weighted by molar-refractivity contribution is 0.137. The molecule has 0 heterocycles. The van der Waals surface area contributed by atoms with Crippen molar-refractivity contribution in [2.45, 2.75) is 12.8 Å². The Morgan fingerprint density at radius 3 is 1.71 bits per heavy atom. The lowest BCUT2D eigenvalue weighted by Crippen LogP contribution is -2.08. The van der Waals surface area contributed by atoms with Crippen molar-refractivity contribution in [2.75, 3.05) is 18.7 Å². The summed E-state index contributed by atoms with van der Waals surface area (Å²) in [6.45, 7) is 1.06. The largest absolute Gasteiger partial charge is 0.395 e. The number of nitrogens with zero attached hydrogens (tertiary/aromatic N) is 1. The first-order chi connectivity index (χ1) is 17.4. The topological polar surface area (TPSA) is 42.8 Å². The van der Waals surface area contributed by atoms with Gasteiger partial charge in [-0.2, -0.15) is 0 Å². The van der Waals surface area contributed by atoms with Crippen LogP contribution in [0.1, 0.15) is 11.1 Å². The third-order valence-corrected chi connectivity index (χ3v) is 6.00. The number of nitrogens with one attached hydrogen (secondary N) is 1. The number of fused-ring (bicyclic) bond motifs is 3. The minimum atomic E-state index is 0.507. The molecule has 0 radical (unpaired) electrons. The average Bonchev–Trinajstić information content (AvgIpc) is 3.05. The van der Waals surface area contributed by atoms with Crippen LogP contribution in [0.4, 0.5) is 5.69 Å². The maximum atomic E-state index is 5.91. The van der Waals surface area contributed by atoms with E-state index in [0.717, 1.165) is 45.4 Å². The minimum Gasteiger partial charge on any atom is -0.395 e. The molecule has 0 spiro atoms. The van der Waals surface area contributed by atoms with E-state index in [-0.39, 0.29) is 0 Å². The van der Waals surface area contributed by atoms with Crippen LogP contribution in [-0.4, -0.2) is 13.2 Å². The van der Waals surface area contributed by atoms with Gasteiger partial charge < -0.3 is 4.84 Å². The van der Waals surface area contributed by atoms with Gasteiger partial charge in [0.2, 0.25) is 0 Å². The molecule has 4 heteroatoms. The smallest absolute Gasteiger partial charge is 0.121 e. The van der Waals surface area contributed by atoms with E-state index in [4.69, 9.17) is 9.68 Å². The summed E-state index contributed by atoms with van der Waals surface area (Å²) >= 11 is 0. The van der Waals surface area contributed by atoms with Gasteiger partial charge in [0.1, 0.15) is 12.0 Å². The second-order valence-corrected chi connectivity index (χ2v) is 8.38. The normalized spacial score (nSPS) is 11.6. The van der Waals surface area contributed by atoms with E-state index in [9.17, 15) is 0 Å². The van der Waals surface area contributed by atoms with E-state index in [1.165, 1.54) is 11.1 Å². The Morgan fingerprint density at radius 1 is 0.543 bits per heavy atom. The van der Waals surface area contributed by atoms with Crippen molar-refractivity contribution in [3.8, 4) is 0 Å². The molecule has 5 aromatic carbocycles. The first kappa shape index (κ1) is 22.6. The minimum absolute atomic E-state index is 0.507. The number of hydrogen-bond acceptors (Lipinski definition) is 4. The second kappa shape index (κ2) is 11.3. The summed E-state index contributed by atoms with van der Waals surface area (Å²) in [5.41, 5.74) is 6.52. The molecule has 0 aliphatic rings. The first-order valence-electron chi connectivity index (χ1n) is 11.9. The van der Waals surface area contributed by atoms with E-state index < -0.39 is 0 Å². The van der Waals surface area contributed by atoms with Gasteiger partial charge in [-0.15, -0.1) is 0 Å². The van der Waals surface area contributed by atoms with Crippen LogP contribution in [0.25, 0.3) is 21.5 Å². The van der Waals surface area contributed by atoms with Crippen LogP contribution in [0, 0.1) is 0 Å². The van der Waals surface area contributed by atoms with E-state index in [1.54, 1.807) is 0 Å². The molecule has 0 atom stereocenters. The standard InChI is InChI=1S/C31H28N2O2/c1-3-11-24(12-4-1)19-21-34-32-30-23-31(33-35-22-20-25-13-5-2-6-14-25)29-18-10-8-16-27(29)26-15-7-9-17-28(26)30/h1-18,23,32H,19-22H2. The van der Waals surface area contributed by atoms with Gasteiger partial charge in [0.15, 0.2) is 0 Å². The van der Waals surface area contributed by atoms with Crippen molar-refractivity contribution >= 4 is 27.2 Å². The molecule has 1 N–H and O–H groups in total. The van der Waals surface area contributed by atoms with Crippen LogP contribution < -0.4 is 10.8 Å². The molecule has 0 aromatic heterocycles. The summed E-state index contributed by atoms with van der Waals surface area (Å²) in [6.07, 6.45) is 1.63. The summed E-state index contributed by atoms with van der Waals surface area (Å²) in [5.74, 6) is 0. The van der Waals surface area contributed by atoms with Crippen molar-refractivity contribution in [3.63, 3.8) is 0 Å². The molecule has 35 heavy (non-hydrogen) atoms. The molecule has 174 valence electrons. The van der Waals surface area contributed by atoms with Gasteiger partial charge in [0.05, 0.1) is 12.3 Å². The van der Waals surface area contributed by atoms with Crippen molar-refractivity contribution in [3.05, 3.63) is 132 Å². The maximum Gasteiger partial charge on any atom is 0.121 e. The molecule has 0 bridgehead atoms. The van der Waals surface area contributed by atoms with Crippen molar-refractivity contribution in [1.82, 2.24) is 0 Å². The zero-order valence-electron chi connectivity index (χ0n) is 19.6. The average molecular weight is 461 g/mol. The van der Waals surface area contributed by atoms with Crippen LogP contribution in [0.15, 0.2) is 120 Å². The summed E-state index contributed by atoms with van der Waals surface area (Å²) < 4.78 is 0. The molecule has 5 rings (SSSR count). The Balaban J connectivity index is 1.45. The molecule has 0 saturated heterocycles. The molecule has 0 saturated carbocycles. The molecule has 0 aliphatic carbocycles. The van der Waals surface area contributed by atoms with Crippen molar-refractivity contribution < 1.29 is 9.68 Å². The predicted molar refractivity (Wildman–Crippen MR) is 143 cm³/mol. The summed E-state index contributed by atoms with van der Waals surface area (Å²) in [5, 5.41) is 9.65. The molecule has 0 aliphatic heterocycles. The maximum absolute atomic E-state index is 5.91. The SMILES string of the molecule is c1ccc(CCON=c2cc(NOCCc3ccccc3)c3ccccc3c3ccccc23)cc1. The van der Waals surface area contributed by atoms with E-state index in [2.05, 4.69) is 71.3 Å². The third-order valence-electron chi connectivity index (χ3n) is 6.00. The highest BCUT2D eigenvalue weighted by Crippen LogP contribution is 2.27. The lowest BCUT2D eigenvalue weighted by atomic mass is 10.1. The van der Waals surface area contributed by atoms with Crippen molar-refractivity contribution in [1.29, 1.82) is 0 Å². The third kappa shape index (κ3) is 5.68. The highest BCUT2D eigenvalue weighted by atomic mass is 16.6. The fourth-order valence-electron chi connectivity index (χ4n) is 4.21. The highest BCUT2D eigenvalue weighted by molar-refractivity contribution is 6.09. The molecule has 0 unspecified atom stereocenters. The monoisotopic (exact) mass is 460 g/mol. The Bertz CT molecular complexity index is 1470. The van der Waals surface area contributed by atoms with Gasteiger partial charge in [-0.3, -0.25) is 10.3 Å². The van der Waals surface area contributed by atoms with Gasteiger partial charge in [0.25, 0.3) is 0 Å². The number of hydrogen-bond donors (Lipinski definition) is 1. The van der Waals surface area contributed by atoms with Gasteiger partial charge in [-0.25, -0.2) is 0 Å². The number of benzene rings is 4. The van der Waals surface area contributed by atoms with E-state index in [1.807, 2.05) is 54.6 Å². The molecule has 0 fully saturated rings. The van der Waals surface area contributed by atoms with Crippen LogP contribution in [0.2, 0.25) is 0 Å². The fraction of sp³-hybridized carbons (Fsp3) is 0.129. The molecule has 5 aromatic rings. The van der Waals surface area contributed by atoms with Crippen LogP contribution in [0.5, 0.6) is 0 Å². The van der Waals surface area contributed by atoms with Crippen molar-refractivity contribution in [2.24, 2.45) is 5.16 Å². The lowest BCUT2D eigenvalue weighted by Gasteiger charge is -2.08. The quantitative estimate of drug-likeness (QED) is 0.198. The fourth-order valence-corrected chi connectivity index (χ4v) is 4.21. The Labute approximate surface area is 205 Å². The van der Waals surface area contributed by atoms with Gasteiger partial charge >= 0.3 is 0 Å². The molecule has 0 amide bonds. The predicted octanol–water partition coefficient (Wildman–Crippen LogP) is 6.65. The molecule has 4 nitrogen and oxygen atoms in total. The van der Waals surface area contributed by atoms with Gasteiger partial charge in [-0.1, -0.05) is 114 Å². The Hall–Kier alpha value is -4.15. The summed E-state index contributed by atoms with van der Waals surface area (Å²) in [6, 6.07) is 39.3. The number of anilines is 1. The van der Waals surface area contributed by atoms with Crippen LogP contribution in [-0.2, 0) is 22.5 Å². The van der Waals surface area contributed by atoms with E-state index in [0.29, 0.717) is 13.2 Å². The molecular formula is C31H28N2O2. The Morgan fingerprint density at radius 2 is 1.06 bits per heavy atom. The summed E-state index contributed by atoms with van der Waals surface area (Å²) in [7, 11) is 0. The van der Waals surface area contributed by atoms with Gasteiger partial charge in [-0.05, 0) is 34.4 Å². The second-order valence-electron chi connectivity index (χ2n) is 8.38.